The van der Waals surface area contributed by atoms with Gasteiger partial charge >= 0.3 is 0 Å². The van der Waals surface area contributed by atoms with Crippen molar-refractivity contribution >= 4 is 34.2 Å². The van der Waals surface area contributed by atoms with Crippen molar-refractivity contribution in [3.63, 3.8) is 0 Å². The van der Waals surface area contributed by atoms with Gasteiger partial charge in [-0.05, 0) is 23.4 Å². The molecule has 2 atom stereocenters. The first-order valence-corrected chi connectivity index (χ1v) is 9.86. The summed E-state index contributed by atoms with van der Waals surface area (Å²) in [4.78, 5) is 14.7. The fourth-order valence-electron chi connectivity index (χ4n) is 4.45. The smallest absolute Gasteiger partial charge is 0.226 e. The number of rotatable bonds is 2. The Morgan fingerprint density at radius 1 is 1.15 bits per heavy atom. The highest BCUT2D eigenvalue weighted by Crippen LogP contribution is 2.52. The third kappa shape index (κ3) is 2.02. The normalized spacial score (nSPS) is 25.8. The highest BCUT2D eigenvalue weighted by molar-refractivity contribution is 8.13. The Morgan fingerprint density at radius 2 is 1.92 bits per heavy atom. The summed E-state index contributed by atoms with van der Waals surface area (Å²) < 4.78 is 0. The zero-order valence-corrected chi connectivity index (χ0v) is 15.2. The van der Waals surface area contributed by atoms with Gasteiger partial charge in [0, 0.05) is 18.7 Å². The Hall–Kier alpha value is -2.60. The maximum atomic E-state index is 12.3. The Labute approximate surface area is 156 Å². The van der Waals surface area contributed by atoms with Crippen LogP contribution in [0.1, 0.15) is 17.5 Å². The van der Waals surface area contributed by atoms with Gasteiger partial charge in [0.2, 0.25) is 5.91 Å². The molecule has 0 aliphatic carbocycles. The van der Waals surface area contributed by atoms with Gasteiger partial charge in [0.15, 0.2) is 0 Å². The van der Waals surface area contributed by atoms with Crippen LogP contribution < -0.4 is 10.2 Å². The van der Waals surface area contributed by atoms with Crippen LogP contribution in [0.4, 0.5) is 5.69 Å². The number of anilines is 1. The summed E-state index contributed by atoms with van der Waals surface area (Å²) in [5.74, 6) is 0.705. The zero-order chi connectivity index (χ0) is 17.7. The van der Waals surface area contributed by atoms with Crippen molar-refractivity contribution in [1.29, 1.82) is 0 Å². The van der Waals surface area contributed by atoms with Crippen molar-refractivity contribution in [1.82, 2.24) is 5.32 Å². The van der Waals surface area contributed by atoms with E-state index in [-0.39, 0.29) is 11.9 Å². The lowest BCUT2D eigenvalue weighted by atomic mass is 9.74. The summed E-state index contributed by atoms with van der Waals surface area (Å²) >= 11 is 1.61. The van der Waals surface area contributed by atoms with Crippen molar-refractivity contribution in [2.75, 3.05) is 11.2 Å². The SMILES string of the molecule is CSC1=NN=C2NC(=O)C[C@@]23c2ccccc2N(Cc2ccccc2)[C@@H]13. The lowest BCUT2D eigenvalue weighted by Crippen LogP contribution is -2.54. The van der Waals surface area contributed by atoms with E-state index in [9.17, 15) is 4.79 Å². The van der Waals surface area contributed by atoms with Gasteiger partial charge in [0.05, 0.1) is 11.5 Å². The molecule has 5 rings (SSSR count). The topological polar surface area (TPSA) is 57.1 Å². The molecule has 0 bridgehead atoms. The number of amidine groups is 1. The molecule has 0 saturated carbocycles. The van der Waals surface area contributed by atoms with Gasteiger partial charge in [-0.25, -0.2) is 0 Å². The van der Waals surface area contributed by atoms with Crippen LogP contribution in [0, 0.1) is 0 Å². The maximum absolute atomic E-state index is 12.3. The van der Waals surface area contributed by atoms with Gasteiger partial charge in [-0.15, -0.1) is 22.0 Å². The van der Waals surface area contributed by atoms with Crippen LogP contribution in [0.2, 0.25) is 0 Å². The standard InChI is InChI=1S/C20H18N4OS/c1-26-18-17-20(11-16(25)21-19(20)23-22-18)14-9-5-6-10-15(14)24(17)12-13-7-3-2-4-8-13/h2-10,17H,11-12H2,1H3,(H,21,23,25)/t17-,20-/m0/s1. The number of fused-ring (bicyclic) bond motifs is 1. The summed E-state index contributed by atoms with van der Waals surface area (Å²) in [7, 11) is 0. The summed E-state index contributed by atoms with van der Waals surface area (Å²) in [5, 5.41) is 12.8. The van der Waals surface area contributed by atoms with Gasteiger partial charge < -0.3 is 10.2 Å². The molecule has 1 saturated heterocycles. The number of nitrogens with zero attached hydrogens (tertiary/aromatic N) is 3. The summed E-state index contributed by atoms with van der Waals surface area (Å²) in [5.41, 5.74) is 3.11. The molecule has 5 nitrogen and oxygen atoms in total. The number of amides is 1. The van der Waals surface area contributed by atoms with Gasteiger partial charge in [-0.3, -0.25) is 4.79 Å². The van der Waals surface area contributed by atoms with Gasteiger partial charge in [0.25, 0.3) is 0 Å². The Balaban J connectivity index is 1.70. The van der Waals surface area contributed by atoms with Gasteiger partial charge in [0.1, 0.15) is 10.9 Å². The molecular weight excluding hydrogens is 344 g/mol. The van der Waals surface area contributed by atoms with Crippen molar-refractivity contribution < 1.29 is 4.79 Å². The van der Waals surface area contributed by atoms with Crippen LogP contribution in [0.5, 0.6) is 0 Å². The zero-order valence-electron chi connectivity index (χ0n) is 14.3. The maximum Gasteiger partial charge on any atom is 0.226 e. The van der Waals surface area contributed by atoms with Crippen molar-refractivity contribution in [3.8, 4) is 0 Å². The molecule has 0 aromatic heterocycles. The molecule has 1 N–H and O–H groups in total. The lowest BCUT2D eigenvalue weighted by molar-refractivity contribution is -0.119. The first-order valence-electron chi connectivity index (χ1n) is 8.64. The second-order valence-electron chi connectivity index (χ2n) is 6.82. The van der Waals surface area contributed by atoms with Crippen molar-refractivity contribution in [3.05, 3.63) is 65.7 Å². The molecule has 3 aliphatic rings. The lowest BCUT2D eigenvalue weighted by Gasteiger charge is -2.37. The van der Waals surface area contributed by atoms with Crippen LogP contribution in [0.15, 0.2) is 64.8 Å². The van der Waals surface area contributed by atoms with Crippen LogP contribution in [-0.2, 0) is 16.8 Å². The molecular formula is C20H18N4OS. The van der Waals surface area contributed by atoms with Gasteiger partial charge in [-0.1, -0.05) is 48.5 Å². The molecule has 3 aliphatic heterocycles. The van der Waals surface area contributed by atoms with E-state index in [1.807, 2.05) is 18.4 Å². The number of carbonyl (C=O) groups is 1. The summed E-state index contributed by atoms with van der Waals surface area (Å²) in [6.45, 7) is 0.769. The quantitative estimate of drug-likeness (QED) is 0.894. The number of nitrogens with one attached hydrogen (secondary N) is 1. The van der Waals surface area contributed by atoms with E-state index in [2.05, 4.69) is 62.9 Å². The molecule has 1 spiro atoms. The molecule has 2 aromatic carbocycles. The van der Waals surface area contributed by atoms with E-state index in [0.29, 0.717) is 12.3 Å². The van der Waals surface area contributed by atoms with E-state index < -0.39 is 5.41 Å². The first-order chi connectivity index (χ1) is 12.7. The highest BCUT2D eigenvalue weighted by atomic mass is 32.2. The van der Waals surface area contributed by atoms with Crippen LogP contribution >= 0.6 is 11.8 Å². The average molecular weight is 362 g/mol. The minimum absolute atomic E-state index is 0.0124. The molecule has 6 heteroatoms. The predicted molar refractivity (Wildman–Crippen MR) is 106 cm³/mol. The van der Waals surface area contributed by atoms with Crippen molar-refractivity contribution in [2.24, 2.45) is 10.2 Å². The average Bonchev–Trinajstić information content (AvgIpc) is 3.16. The largest absolute Gasteiger partial charge is 0.356 e. The summed E-state index contributed by atoms with van der Waals surface area (Å²) in [6.07, 6.45) is 2.44. The van der Waals surface area contributed by atoms with Crippen LogP contribution in [-0.4, -0.2) is 29.1 Å². The number of hydrogen-bond acceptors (Lipinski definition) is 5. The highest BCUT2D eigenvalue weighted by Gasteiger charge is 2.61. The van der Waals surface area contributed by atoms with E-state index >= 15 is 0 Å². The molecule has 26 heavy (non-hydrogen) atoms. The number of benzene rings is 2. The molecule has 0 radical (unpaired) electrons. The third-order valence-corrected chi connectivity index (χ3v) is 6.20. The van der Waals surface area contributed by atoms with E-state index in [1.165, 1.54) is 11.1 Å². The predicted octanol–water partition coefficient (Wildman–Crippen LogP) is 2.92. The third-order valence-electron chi connectivity index (χ3n) is 5.48. The molecule has 1 fully saturated rings. The number of hydrogen-bond donors (Lipinski definition) is 1. The fourth-order valence-corrected chi connectivity index (χ4v) is 5.12. The summed E-state index contributed by atoms with van der Waals surface area (Å²) in [6, 6.07) is 18.8. The van der Waals surface area contributed by atoms with E-state index in [1.54, 1.807) is 11.8 Å². The number of carbonyl (C=O) groups excluding carboxylic acids is 1. The minimum Gasteiger partial charge on any atom is -0.356 e. The Kier molecular flexibility index (Phi) is 3.43. The first kappa shape index (κ1) is 15.6. The van der Waals surface area contributed by atoms with Crippen molar-refractivity contribution in [2.45, 2.75) is 24.4 Å². The van der Waals surface area contributed by atoms with Crippen LogP contribution in [0.25, 0.3) is 0 Å². The van der Waals surface area contributed by atoms with E-state index in [0.717, 1.165) is 17.3 Å². The molecule has 0 unspecified atom stereocenters. The monoisotopic (exact) mass is 362 g/mol. The minimum atomic E-state index is -0.456. The van der Waals surface area contributed by atoms with Gasteiger partial charge in [-0.2, -0.15) is 0 Å². The molecule has 2 aromatic rings. The number of para-hydroxylation sites is 1. The van der Waals surface area contributed by atoms with Crippen LogP contribution in [0.3, 0.4) is 0 Å². The number of thioether (sulfide) groups is 1. The molecule has 3 heterocycles. The molecule has 130 valence electrons. The van der Waals surface area contributed by atoms with E-state index in [4.69, 9.17) is 0 Å². The second kappa shape index (κ2) is 5.71. The Morgan fingerprint density at radius 3 is 2.73 bits per heavy atom. The molecule has 1 amide bonds. The Bertz CT molecular complexity index is 955. The second-order valence-corrected chi connectivity index (χ2v) is 7.65. The fraction of sp³-hybridized carbons (Fsp3) is 0.250.